The number of carboxylic acid groups (broad SMARTS) is 1. The van der Waals surface area contributed by atoms with Gasteiger partial charge in [0.2, 0.25) is 11.8 Å². The maximum atomic E-state index is 12.6. The van der Waals surface area contributed by atoms with Crippen LogP contribution in [-0.4, -0.2) is 45.8 Å². The van der Waals surface area contributed by atoms with Crippen LogP contribution in [0.1, 0.15) is 45.5 Å². The molecule has 0 radical (unpaired) electrons. The number of benzene rings is 1. The fraction of sp³-hybridized carbons (Fsp3) is 0.312. The maximum Gasteiger partial charge on any atom is 0.404 e. The number of rotatable bonds is 3. The zero-order chi connectivity index (χ0) is 18.1. The molecule has 0 bridgehead atoms. The highest BCUT2D eigenvalue weighted by Crippen LogP contribution is 2.28. The highest BCUT2D eigenvalue weighted by Gasteiger charge is 2.43. The van der Waals surface area contributed by atoms with Crippen molar-refractivity contribution < 1.29 is 29.1 Å². The molecule has 3 rings (SSSR count). The van der Waals surface area contributed by atoms with Gasteiger partial charge < -0.3 is 10.4 Å². The molecule has 3 N–H and O–H groups in total. The van der Waals surface area contributed by atoms with Crippen LogP contribution >= 0.6 is 0 Å². The number of nitrogens with zero attached hydrogens (tertiary/aromatic N) is 1. The Bertz CT molecular complexity index is 803. The Morgan fingerprint density at radius 2 is 1.92 bits per heavy atom. The van der Waals surface area contributed by atoms with Gasteiger partial charge in [0.15, 0.2) is 0 Å². The third-order valence-electron chi connectivity index (χ3n) is 4.18. The van der Waals surface area contributed by atoms with Gasteiger partial charge in [0.1, 0.15) is 6.04 Å². The van der Waals surface area contributed by atoms with Crippen molar-refractivity contribution in [3.8, 4) is 0 Å². The summed E-state index contributed by atoms with van der Waals surface area (Å²) in [5.41, 5.74) is 0.801. The molecule has 0 saturated carbocycles. The van der Waals surface area contributed by atoms with Crippen LogP contribution in [0.3, 0.4) is 0 Å². The second kappa shape index (κ2) is 6.34. The summed E-state index contributed by atoms with van der Waals surface area (Å²) in [4.78, 5) is 60.2. The van der Waals surface area contributed by atoms with E-state index in [2.05, 4.69) is 10.6 Å². The molecule has 9 heteroatoms. The first-order valence-corrected chi connectivity index (χ1v) is 7.70. The predicted octanol–water partition coefficient (Wildman–Crippen LogP) is 0.246. The lowest BCUT2D eigenvalue weighted by Crippen LogP contribution is -2.49. The van der Waals surface area contributed by atoms with Gasteiger partial charge in [-0.25, -0.2) is 4.79 Å². The first-order valence-electron chi connectivity index (χ1n) is 7.70. The van der Waals surface area contributed by atoms with Crippen LogP contribution in [0.25, 0.3) is 0 Å². The summed E-state index contributed by atoms with van der Waals surface area (Å²) in [6, 6.07) is 3.39. The van der Waals surface area contributed by atoms with Crippen molar-refractivity contribution in [2.75, 3.05) is 0 Å². The molecule has 9 nitrogen and oxygen atoms in total. The average Bonchev–Trinajstić information content (AvgIpc) is 2.69. The van der Waals surface area contributed by atoms with Gasteiger partial charge in [0.25, 0.3) is 11.8 Å². The van der Waals surface area contributed by atoms with Gasteiger partial charge in [-0.15, -0.1) is 0 Å². The van der Waals surface area contributed by atoms with Crippen LogP contribution in [0.2, 0.25) is 0 Å². The fourth-order valence-electron chi connectivity index (χ4n) is 2.99. The monoisotopic (exact) mass is 345 g/mol. The summed E-state index contributed by atoms with van der Waals surface area (Å²) in [6.07, 6.45) is -0.430. The minimum atomic E-state index is -1.20. The zero-order valence-corrected chi connectivity index (χ0v) is 13.1. The van der Waals surface area contributed by atoms with Crippen molar-refractivity contribution in [2.45, 2.75) is 31.8 Å². The van der Waals surface area contributed by atoms with Crippen molar-refractivity contribution in [2.24, 2.45) is 0 Å². The average molecular weight is 345 g/mol. The van der Waals surface area contributed by atoms with Crippen LogP contribution in [0.4, 0.5) is 4.79 Å². The molecule has 0 spiro atoms. The van der Waals surface area contributed by atoms with E-state index >= 15 is 0 Å². The molecule has 2 aliphatic rings. The molecule has 2 heterocycles. The van der Waals surface area contributed by atoms with E-state index in [1.54, 1.807) is 6.07 Å². The molecule has 1 saturated heterocycles. The number of imide groups is 2. The normalized spacial score (nSPS) is 20.2. The minimum absolute atomic E-state index is 0.0114. The molecule has 1 aromatic carbocycles. The lowest BCUT2D eigenvalue weighted by molar-refractivity contribution is -0.131. The van der Waals surface area contributed by atoms with Gasteiger partial charge in [-0.3, -0.25) is 29.4 Å². The smallest absolute Gasteiger partial charge is 0.404 e. The van der Waals surface area contributed by atoms with E-state index in [4.69, 9.17) is 5.11 Å². The number of fused-ring (bicyclic) bond motifs is 1. The third kappa shape index (κ3) is 3.08. The third-order valence-corrected chi connectivity index (χ3v) is 4.18. The standard InChI is InChI=1S/C16H15N3O6/c20-12-3-1-2-11(13(21)18-12)19-14(22)9-5-4-8(7-17-16(24)25)6-10(9)15(19)23/h4-6,11,17H,1-3,7H2,(H,24,25)(H,18,20,21). The van der Waals surface area contributed by atoms with E-state index in [-0.39, 0.29) is 30.5 Å². The number of nitrogens with one attached hydrogen (secondary N) is 2. The van der Waals surface area contributed by atoms with E-state index in [0.29, 0.717) is 12.0 Å². The molecule has 0 aliphatic carbocycles. The lowest BCUT2D eigenvalue weighted by atomic mass is 10.1. The van der Waals surface area contributed by atoms with Crippen LogP contribution in [-0.2, 0) is 16.1 Å². The number of carbonyl (C=O) groups is 5. The Kier molecular flexibility index (Phi) is 4.22. The van der Waals surface area contributed by atoms with Gasteiger partial charge in [0, 0.05) is 13.0 Å². The van der Waals surface area contributed by atoms with Gasteiger partial charge >= 0.3 is 6.09 Å². The molecule has 1 atom stereocenters. The number of hydrogen-bond donors (Lipinski definition) is 3. The summed E-state index contributed by atoms with van der Waals surface area (Å²) in [5.74, 6) is -2.30. The van der Waals surface area contributed by atoms with Crippen LogP contribution < -0.4 is 10.6 Å². The molecule has 5 amide bonds. The predicted molar refractivity (Wildman–Crippen MR) is 82.6 cm³/mol. The first kappa shape index (κ1) is 16.6. The molecule has 25 heavy (non-hydrogen) atoms. The van der Waals surface area contributed by atoms with Gasteiger partial charge in [0.05, 0.1) is 11.1 Å². The highest BCUT2D eigenvalue weighted by atomic mass is 16.4. The van der Waals surface area contributed by atoms with Crippen molar-refractivity contribution in [3.63, 3.8) is 0 Å². The summed E-state index contributed by atoms with van der Waals surface area (Å²) in [7, 11) is 0. The van der Waals surface area contributed by atoms with Crippen molar-refractivity contribution >= 4 is 29.7 Å². The molecule has 0 aromatic heterocycles. The quantitative estimate of drug-likeness (QED) is 0.672. The molecule has 1 aromatic rings. The second-order valence-corrected chi connectivity index (χ2v) is 5.84. The first-order chi connectivity index (χ1) is 11.9. The molecule has 2 aliphatic heterocycles. The summed E-state index contributed by atoms with van der Waals surface area (Å²) >= 11 is 0. The lowest BCUT2D eigenvalue weighted by Gasteiger charge is -2.22. The van der Waals surface area contributed by atoms with Crippen LogP contribution in [0.15, 0.2) is 18.2 Å². The van der Waals surface area contributed by atoms with Crippen LogP contribution in [0, 0.1) is 0 Å². The Hall–Kier alpha value is -3.23. The molecule has 1 unspecified atom stereocenters. The molecule has 1 fully saturated rings. The van der Waals surface area contributed by atoms with Gasteiger partial charge in [-0.1, -0.05) is 6.07 Å². The molecular formula is C16H15N3O6. The molecular weight excluding hydrogens is 330 g/mol. The Morgan fingerprint density at radius 3 is 2.64 bits per heavy atom. The summed E-state index contributed by atoms with van der Waals surface area (Å²) in [6.45, 7) is -0.0114. The van der Waals surface area contributed by atoms with E-state index < -0.39 is 35.8 Å². The van der Waals surface area contributed by atoms with E-state index in [1.165, 1.54) is 12.1 Å². The maximum absolute atomic E-state index is 12.6. The van der Waals surface area contributed by atoms with E-state index in [9.17, 15) is 24.0 Å². The highest BCUT2D eigenvalue weighted by molar-refractivity contribution is 6.23. The van der Waals surface area contributed by atoms with Crippen molar-refractivity contribution in [1.29, 1.82) is 0 Å². The Morgan fingerprint density at radius 1 is 1.20 bits per heavy atom. The number of amides is 5. The van der Waals surface area contributed by atoms with Crippen molar-refractivity contribution in [1.82, 2.24) is 15.5 Å². The Labute approximate surface area is 142 Å². The summed E-state index contributed by atoms with van der Waals surface area (Å²) < 4.78 is 0. The molecule has 130 valence electrons. The van der Waals surface area contributed by atoms with Gasteiger partial charge in [-0.2, -0.15) is 0 Å². The second-order valence-electron chi connectivity index (χ2n) is 5.84. The fourth-order valence-corrected chi connectivity index (χ4v) is 2.99. The van der Waals surface area contributed by atoms with Gasteiger partial charge in [-0.05, 0) is 30.5 Å². The van der Waals surface area contributed by atoms with Crippen molar-refractivity contribution in [3.05, 3.63) is 34.9 Å². The topological polar surface area (TPSA) is 133 Å². The van der Waals surface area contributed by atoms with E-state index in [0.717, 1.165) is 4.90 Å². The largest absolute Gasteiger partial charge is 0.465 e. The van der Waals surface area contributed by atoms with E-state index in [1.807, 2.05) is 0 Å². The number of hydrogen-bond acceptors (Lipinski definition) is 5. The number of carbonyl (C=O) groups excluding carboxylic acids is 4. The zero-order valence-electron chi connectivity index (χ0n) is 13.1. The Balaban J connectivity index is 1.87. The minimum Gasteiger partial charge on any atom is -0.465 e. The SMILES string of the molecule is O=C(O)NCc1ccc2c(c1)C(=O)N(C1CCCC(=O)NC1=O)C2=O. The summed E-state index contributed by atoms with van der Waals surface area (Å²) in [5, 5.41) is 13.0. The van der Waals surface area contributed by atoms with Crippen LogP contribution in [0.5, 0.6) is 0 Å².